The molecular weight excluding hydrogens is 112 g/mol. The van der Waals surface area contributed by atoms with Gasteiger partial charge in [0.1, 0.15) is 0 Å². The van der Waals surface area contributed by atoms with E-state index in [1.165, 1.54) is 0 Å². The highest BCUT2D eigenvalue weighted by molar-refractivity contribution is 5.77. The summed E-state index contributed by atoms with van der Waals surface area (Å²) in [4.78, 5) is 7.59. The van der Waals surface area contributed by atoms with Gasteiger partial charge in [-0.25, -0.2) is 0 Å². The molecule has 0 fully saturated rings. The Morgan fingerprint density at radius 2 is 2.33 bits per heavy atom. The van der Waals surface area contributed by atoms with Crippen LogP contribution in [0.2, 0.25) is 0 Å². The molecule has 0 N–H and O–H groups in total. The van der Waals surface area contributed by atoms with Crippen LogP contribution in [0.25, 0.3) is 0 Å². The summed E-state index contributed by atoms with van der Waals surface area (Å²) in [5.74, 6) is 0. The van der Waals surface area contributed by atoms with Crippen molar-refractivity contribution < 1.29 is 0 Å². The van der Waals surface area contributed by atoms with E-state index in [0.717, 1.165) is 12.1 Å². The van der Waals surface area contributed by atoms with Crippen LogP contribution >= 0.6 is 0 Å². The van der Waals surface area contributed by atoms with Crippen LogP contribution in [0.15, 0.2) is 21.8 Å². The molecular formula is C7H12N2. The molecule has 50 valence electrons. The largest absolute Gasteiger partial charge is 0.293 e. The molecule has 0 saturated carbocycles. The quantitative estimate of drug-likeness (QED) is 0.511. The van der Waals surface area contributed by atoms with E-state index in [1.807, 2.05) is 13.8 Å². The molecule has 0 rings (SSSR count). The average molecular weight is 124 g/mol. The molecule has 9 heavy (non-hydrogen) atoms. The van der Waals surface area contributed by atoms with Gasteiger partial charge in [-0.3, -0.25) is 9.98 Å². The average Bonchev–Trinajstić information content (AvgIpc) is 1.85. The molecule has 0 spiro atoms. The van der Waals surface area contributed by atoms with Gasteiger partial charge in [0, 0.05) is 19.0 Å². The van der Waals surface area contributed by atoms with Crippen LogP contribution in [0.5, 0.6) is 0 Å². The first kappa shape index (κ1) is 8.08. The van der Waals surface area contributed by atoms with Gasteiger partial charge in [0.05, 0.1) is 0 Å². The van der Waals surface area contributed by atoms with Crippen LogP contribution in [0, 0.1) is 0 Å². The SMILES string of the molecule is C=N/C=C(/C)C=NCC. The van der Waals surface area contributed by atoms with Crippen molar-refractivity contribution in [3.63, 3.8) is 0 Å². The van der Waals surface area contributed by atoms with Gasteiger partial charge in [-0.05, 0) is 26.1 Å². The Morgan fingerprint density at radius 3 is 2.78 bits per heavy atom. The van der Waals surface area contributed by atoms with Crippen molar-refractivity contribution in [2.45, 2.75) is 13.8 Å². The summed E-state index contributed by atoms with van der Waals surface area (Å²) in [6.45, 7) is 8.07. The lowest BCUT2D eigenvalue weighted by Crippen LogP contribution is -1.77. The number of aliphatic imine (C=N–C) groups is 2. The van der Waals surface area contributed by atoms with Crippen molar-refractivity contribution in [2.24, 2.45) is 9.98 Å². The molecule has 0 unspecified atom stereocenters. The molecule has 0 saturated heterocycles. The first-order valence-corrected chi connectivity index (χ1v) is 2.93. The van der Waals surface area contributed by atoms with E-state index in [4.69, 9.17) is 0 Å². The van der Waals surface area contributed by atoms with Gasteiger partial charge in [0.25, 0.3) is 0 Å². The number of hydrogen-bond acceptors (Lipinski definition) is 2. The number of allylic oxidation sites excluding steroid dienone is 1. The predicted octanol–water partition coefficient (Wildman–Crippen LogP) is 1.68. The Morgan fingerprint density at radius 1 is 1.67 bits per heavy atom. The number of rotatable bonds is 3. The molecule has 0 atom stereocenters. The zero-order valence-corrected chi connectivity index (χ0v) is 5.96. The lowest BCUT2D eigenvalue weighted by Gasteiger charge is -1.84. The van der Waals surface area contributed by atoms with Gasteiger partial charge in [0.2, 0.25) is 0 Å². The summed E-state index contributed by atoms with van der Waals surface area (Å²) >= 11 is 0. The second-order valence-electron chi connectivity index (χ2n) is 1.68. The fourth-order valence-electron chi connectivity index (χ4n) is 0.413. The van der Waals surface area contributed by atoms with Crippen molar-refractivity contribution in [2.75, 3.05) is 6.54 Å². The first-order valence-electron chi connectivity index (χ1n) is 2.93. The fourth-order valence-corrected chi connectivity index (χ4v) is 0.413. The van der Waals surface area contributed by atoms with Crippen LogP contribution in [0.1, 0.15) is 13.8 Å². The third-order valence-electron chi connectivity index (χ3n) is 0.772. The molecule has 0 aliphatic heterocycles. The molecule has 0 bridgehead atoms. The summed E-state index contributed by atoms with van der Waals surface area (Å²) < 4.78 is 0. The van der Waals surface area contributed by atoms with Gasteiger partial charge in [-0.15, -0.1) is 0 Å². The molecule has 0 aliphatic carbocycles. The normalized spacial score (nSPS) is 12.4. The molecule has 0 aromatic rings. The Kier molecular flexibility index (Phi) is 4.69. The summed E-state index contributed by atoms with van der Waals surface area (Å²) in [6.07, 6.45) is 3.47. The smallest absolute Gasteiger partial charge is 0.0361 e. The lowest BCUT2D eigenvalue weighted by atomic mass is 10.4. The van der Waals surface area contributed by atoms with E-state index < -0.39 is 0 Å². The molecule has 0 radical (unpaired) electrons. The highest BCUT2D eigenvalue weighted by atomic mass is 14.7. The second kappa shape index (κ2) is 5.22. The van der Waals surface area contributed by atoms with Crippen LogP contribution in [0.3, 0.4) is 0 Å². The molecule has 0 heterocycles. The van der Waals surface area contributed by atoms with Crippen molar-refractivity contribution in [3.05, 3.63) is 11.8 Å². The van der Waals surface area contributed by atoms with Crippen LogP contribution in [0.4, 0.5) is 0 Å². The molecule has 0 aliphatic rings. The molecule has 0 aromatic heterocycles. The second-order valence-corrected chi connectivity index (χ2v) is 1.68. The van der Waals surface area contributed by atoms with Crippen LogP contribution in [-0.2, 0) is 0 Å². The zero-order valence-electron chi connectivity index (χ0n) is 5.96. The molecule has 0 amide bonds. The first-order chi connectivity index (χ1) is 4.31. The Hall–Kier alpha value is -0.920. The van der Waals surface area contributed by atoms with Gasteiger partial charge < -0.3 is 0 Å². The van der Waals surface area contributed by atoms with Crippen molar-refractivity contribution in [1.82, 2.24) is 0 Å². The maximum Gasteiger partial charge on any atom is 0.0361 e. The third kappa shape index (κ3) is 4.94. The fraction of sp³-hybridized carbons (Fsp3) is 0.429. The third-order valence-corrected chi connectivity index (χ3v) is 0.772. The van der Waals surface area contributed by atoms with Crippen molar-refractivity contribution >= 4 is 12.9 Å². The Labute approximate surface area is 56.0 Å². The van der Waals surface area contributed by atoms with E-state index in [2.05, 4.69) is 16.7 Å². The van der Waals surface area contributed by atoms with E-state index in [1.54, 1.807) is 12.4 Å². The van der Waals surface area contributed by atoms with Crippen molar-refractivity contribution in [1.29, 1.82) is 0 Å². The highest BCUT2D eigenvalue weighted by Gasteiger charge is 1.75. The molecule has 2 heteroatoms. The highest BCUT2D eigenvalue weighted by Crippen LogP contribution is 1.86. The maximum absolute atomic E-state index is 4.01. The van der Waals surface area contributed by atoms with E-state index in [9.17, 15) is 0 Å². The maximum atomic E-state index is 4.01. The standard InChI is InChI=1S/C7H12N2/c1-4-9-6-7(2)5-8-3/h5-6H,3-4H2,1-2H3/b7-5-,9-6?. The Balaban J connectivity index is 3.74. The minimum atomic E-state index is 0.822. The van der Waals surface area contributed by atoms with E-state index in [-0.39, 0.29) is 0 Å². The van der Waals surface area contributed by atoms with Gasteiger partial charge in [-0.2, -0.15) is 0 Å². The van der Waals surface area contributed by atoms with Crippen molar-refractivity contribution in [3.8, 4) is 0 Å². The number of hydrogen-bond donors (Lipinski definition) is 0. The predicted molar refractivity (Wildman–Crippen MR) is 42.3 cm³/mol. The minimum Gasteiger partial charge on any atom is -0.293 e. The van der Waals surface area contributed by atoms with E-state index >= 15 is 0 Å². The topological polar surface area (TPSA) is 24.7 Å². The minimum absolute atomic E-state index is 0.822. The van der Waals surface area contributed by atoms with Crippen LogP contribution in [-0.4, -0.2) is 19.5 Å². The molecule has 2 nitrogen and oxygen atoms in total. The molecule has 0 aromatic carbocycles. The summed E-state index contributed by atoms with van der Waals surface area (Å²) in [7, 11) is 0. The van der Waals surface area contributed by atoms with E-state index in [0.29, 0.717) is 0 Å². The Bertz CT molecular complexity index is 134. The monoisotopic (exact) mass is 124 g/mol. The number of nitrogens with zero attached hydrogens (tertiary/aromatic N) is 2. The van der Waals surface area contributed by atoms with Gasteiger partial charge >= 0.3 is 0 Å². The summed E-state index contributed by atoms with van der Waals surface area (Å²) in [5, 5.41) is 0. The van der Waals surface area contributed by atoms with Gasteiger partial charge in [-0.1, -0.05) is 0 Å². The summed E-state index contributed by atoms with van der Waals surface area (Å²) in [6, 6.07) is 0. The van der Waals surface area contributed by atoms with Crippen LogP contribution < -0.4 is 0 Å². The zero-order chi connectivity index (χ0) is 7.11. The summed E-state index contributed by atoms with van der Waals surface area (Å²) in [5.41, 5.74) is 1.03. The lowest BCUT2D eigenvalue weighted by molar-refractivity contribution is 1.14. The van der Waals surface area contributed by atoms with Gasteiger partial charge in [0.15, 0.2) is 0 Å².